The monoisotopic (exact) mass is 331 g/mol. The molecule has 0 radical (unpaired) electrons. The molecule has 0 atom stereocenters. The Morgan fingerprint density at radius 2 is 1.95 bits per heavy atom. The van der Waals surface area contributed by atoms with Crippen LogP contribution in [0.15, 0.2) is 23.1 Å². The Bertz CT molecular complexity index is 636. The van der Waals surface area contributed by atoms with Gasteiger partial charge in [0.25, 0.3) is 0 Å². The molecule has 0 N–H and O–H groups in total. The molecule has 0 amide bonds. The van der Waals surface area contributed by atoms with E-state index in [1.165, 1.54) is 11.4 Å². The van der Waals surface area contributed by atoms with Crippen molar-refractivity contribution < 1.29 is 17.9 Å². The molecule has 0 spiro atoms. The maximum atomic E-state index is 12.7. The molecule has 116 valence electrons. The number of piperidine rings is 1. The van der Waals surface area contributed by atoms with Crippen molar-refractivity contribution in [3.8, 4) is 0 Å². The minimum Gasteiger partial charge on any atom is -0.469 e. The van der Waals surface area contributed by atoms with E-state index in [4.69, 9.17) is 16.3 Å². The second-order valence-electron chi connectivity index (χ2n) is 5.06. The van der Waals surface area contributed by atoms with Gasteiger partial charge in [-0.3, -0.25) is 4.79 Å². The van der Waals surface area contributed by atoms with E-state index in [2.05, 4.69) is 0 Å². The van der Waals surface area contributed by atoms with E-state index in [1.54, 1.807) is 25.1 Å². The van der Waals surface area contributed by atoms with Gasteiger partial charge in [0.15, 0.2) is 0 Å². The smallest absolute Gasteiger partial charge is 0.308 e. The van der Waals surface area contributed by atoms with Crippen molar-refractivity contribution in [1.29, 1.82) is 0 Å². The zero-order valence-electron chi connectivity index (χ0n) is 12.0. The molecule has 5 nitrogen and oxygen atoms in total. The summed E-state index contributed by atoms with van der Waals surface area (Å²) in [4.78, 5) is 11.7. The summed E-state index contributed by atoms with van der Waals surface area (Å²) >= 11 is 6.00. The van der Waals surface area contributed by atoms with E-state index in [0.29, 0.717) is 36.5 Å². The highest BCUT2D eigenvalue weighted by Crippen LogP contribution is 2.28. The van der Waals surface area contributed by atoms with Gasteiger partial charge in [0.1, 0.15) is 0 Å². The van der Waals surface area contributed by atoms with Crippen molar-refractivity contribution in [2.24, 2.45) is 5.92 Å². The number of nitrogens with zero attached hydrogens (tertiary/aromatic N) is 1. The van der Waals surface area contributed by atoms with Crippen LogP contribution in [0.1, 0.15) is 18.4 Å². The maximum Gasteiger partial charge on any atom is 0.308 e. The highest BCUT2D eigenvalue weighted by Gasteiger charge is 2.33. The minimum absolute atomic E-state index is 0.220. The average molecular weight is 332 g/mol. The lowest BCUT2D eigenvalue weighted by Crippen LogP contribution is -2.40. The Hall–Kier alpha value is -1.11. The molecule has 1 heterocycles. The second-order valence-corrected chi connectivity index (χ2v) is 7.38. The predicted octanol–water partition coefficient (Wildman–Crippen LogP) is 2.22. The number of esters is 1. The van der Waals surface area contributed by atoms with Gasteiger partial charge in [-0.25, -0.2) is 8.42 Å². The number of carbonyl (C=O) groups is 1. The molecular weight excluding hydrogens is 314 g/mol. The summed E-state index contributed by atoms with van der Waals surface area (Å²) in [6, 6.07) is 4.85. The van der Waals surface area contributed by atoms with Crippen LogP contribution in [0.4, 0.5) is 0 Å². The topological polar surface area (TPSA) is 63.7 Å². The van der Waals surface area contributed by atoms with Crippen LogP contribution in [0.5, 0.6) is 0 Å². The molecule has 21 heavy (non-hydrogen) atoms. The highest BCUT2D eigenvalue weighted by molar-refractivity contribution is 7.89. The average Bonchev–Trinajstić information content (AvgIpc) is 2.49. The number of halogens is 1. The van der Waals surface area contributed by atoms with Gasteiger partial charge in [0, 0.05) is 18.1 Å². The summed E-state index contributed by atoms with van der Waals surface area (Å²) in [6.07, 6.45) is 0.955. The van der Waals surface area contributed by atoms with Crippen molar-refractivity contribution in [3.05, 3.63) is 28.8 Å². The van der Waals surface area contributed by atoms with E-state index in [0.717, 1.165) is 0 Å². The first-order valence-corrected chi connectivity index (χ1v) is 8.53. The SMILES string of the molecule is COC(=O)C1CCN(S(=O)(=O)c2cccc(Cl)c2C)CC1. The van der Waals surface area contributed by atoms with Gasteiger partial charge in [0.2, 0.25) is 10.0 Å². The van der Waals surface area contributed by atoms with Crippen LogP contribution < -0.4 is 0 Å². The molecule has 7 heteroatoms. The van der Waals surface area contributed by atoms with Crippen LogP contribution in [0, 0.1) is 12.8 Å². The number of benzene rings is 1. The molecule has 1 aliphatic heterocycles. The van der Waals surface area contributed by atoms with Crippen molar-refractivity contribution in [2.45, 2.75) is 24.7 Å². The fourth-order valence-electron chi connectivity index (χ4n) is 2.50. The molecule has 0 aromatic heterocycles. The summed E-state index contributed by atoms with van der Waals surface area (Å²) in [5, 5.41) is 0.431. The Labute approximate surface area is 129 Å². The summed E-state index contributed by atoms with van der Waals surface area (Å²) < 4.78 is 31.4. The lowest BCUT2D eigenvalue weighted by Gasteiger charge is -2.30. The molecule has 1 fully saturated rings. The van der Waals surface area contributed by atoms with Crippen molar-refractivity contribution in [2.75, 3.05) is 20.2 Å². The fraction of sp³-hybridized carbons (Fsp3) is 0.500. The summed E-state index contributed by atoms with van der Waals surface area (Å²) in [5.74, 6) is -0.493. The lowest BCUT2D eigenvalue weighted by molar-refractivity contribution is -0.146. The van der Waals surface area contributed by atoms with E-state index in [9.17, 15) is 13.2 Å². The van der Waals surface area contributed by atoms with Gasteiger partial charge >= 0.3 is 5.97 Å². The standard InChI is InChI=1S/C14H18ClNO4S/c1-10-12(15)4-3-5-13(10)21(18,19)16-8-6-11(7-9-16)14(17)20-2/h3-5,11H,6-9H2,1-2H3. The quantitative estimate of drug-likeness (QED) is 0.797. The number of sulfonamides is 1. The van der Waals surface area contributed by atoms with Crippen LogP contribution in [0.3, 0.4) is 0 Å². The van der Waals surface area contributed by atoms with Crippen LogP contribution >= 0.6 is 11.6 Å². The molecule has 1 saturated heterocycles. The number of hydrogen-bond donors (Lipinski definition) is 0. The number of rotatable bonds is 3. The zero-order chi connectivity index (χ0) is 15.6. The molecular formula is C14H18ClNO4S. The fourth-order valence-corrected chi connectivity index (χ4v) is 4.45. The van der Waals surface area contributed by atoms with Gasteiger partial charge in [-0.2, -0.15) is 4.31 Å². The number of ether oxygens (including phenoxy) is 1. The van der Waals surface area contributed by atoms with Gasteiger partial charge in [0.05, 0.1) is 17.9 Å². The Morgan fingerprint density at radius 3 is 2.52 bits per heavy atom. The van der Waals surface area contributed by atoms with E-state index >= 15 is 0 Å². The lowest BCUT2D eigenvalue weighted by atomic mass is 9.99. The van der Waals surface area contributed by atoms with Gasteiger partial charge in [-0.1, -0.05) is 17.7 Å². The number of carbonyl (C=O) groups excluding carboxylic acids is 1. The highest BCUT2D eigenvalue weighted by atomic mass is 35.5. The Balaban J connectivity index is 2.19. The first-order valence-electron chi connectivity index (χ1n) is 6.71. The molecule has 0 unspecified atom stereocenters. The molecule has 0 bridgehead atoms. The van der Waals surface area contributed by atoms with Crippen molar-refractivity contribution in [3.63, 3.8) is 0 Å². The van der Waals surface area contributed by atoms with E-state index < -0.39 is 10.0 Å². The Morgan fingerprint density at radius 1 is 1.33 bits per heavy atom. The third kappa shape index (κ3) is 3.22. The first kappa shape index (κ1) is 16.3. The van der Waals surface area contributed by atoms with Gasteiger partial charge < -0.3 is 4.74 Å². The molecule has 1 aromatic rings. The second kappa shape index (κ2) is 6.34. The summed E-state index contributed by atoms with van der Waals surface area (Å²) in [6.45, 7) is 2.32. The molecule has 0 saturated carbocycles. The third-order valence-electron chi connectivity index (χ3n) is 3.82. The molecule has 0 aliphatic carbocycles. The van der Waals surface area contributed by atoms with Gasteiger partial charge in [-0.15, -0.1) is 0 Å². The van der Waals surface area contributed by atoms with Crippen LogP contribution in [0.2, 0.25) is 5.02 Å². The van der Waals surface area contributed by atoms with Crippen LogP contribution in [0.25, 0.3) is 0 Å². The van der Waals surface area contributed by atoms with Gasteiger partial charge in [-0.05, 0) is 37.5 Å². The van der Waals surface area contributed by atoms with Crippen LogP contribution in [-0.2, 0) is 19.6 Å². The Kier molecular flexibility index (Phi) is 4.91. The molecule has 1 aliphatic rings. The van der Waals surface area contributed by atoms with Crippen molar-refractivity contribution in [1.82, 2.24) is 4.31 Å². The minimum atomic E-state index is -3.57. The number of hydrogen-bond acceptors (Lipinski definition) is 4. The molecule has 1 aromatic carbocycles. The number of methoxy groups -OCH3 is 1. The predicted molar refractivity (Wildman–Crippen MR) is 79.7 cm³/mol. The van der Waals surface area contributed by atoms with Crippen LogP contribution in [-0.4, -0.2) is 38.9 Å². The summed E-state index contributed by atoms with van der Waals surface area (Å²) in [5.41, 5.74) is 0.550. The van der Waals surface area contributed by atoms with E-state index in [-0.39, 0.29) is 16.8 Å². The first-order chi connectivity index (χ1) is 9.87. The zero-order valence-corrected chi connectivity index (χ0v) is 13.6. The van der Waals surface area contributed by atoms with E-state index in [1.807, 2.05) is 0 Å². The normalized spacial score (nSPS) is 17.7. The maximum absolute atomic E-state index is 12.7. The largest absolute Gasteiger partial charge is 0.469 e. The molecule has 2 rings (SSSR count). The van der Waals surface area contributed by atoms with Crippen molar-refractivity contribution >= 4 is 27.6 Å². The summed E-state index contributed by atoms with van der Waals surface area (Å²) in [7, 11) is -2.23. The third-order valence-corrected chi connectivity index (χ3v) is 6.28.